The van der Waals surface area contributed by atoms with Gasteiger partial charge in [0.1, 0.15) is 5.69 Å². The molecule has 0 bridgehead atoms. The van der Waals surface area contributed by atoms with Gasteiger partial charge in [-0.2, -0.15) is 10.1 Å². The maximum absolute atomic E-state index is 4.19. The number of nitrogens with one attached hydrogen (secondary N) is 2. The van der Waals surface area contributed by atoms with Crippen LogP contribution in [0.4, 0.5) is 5.95 Å². The molecule has 2 rings (SSSR count). The van der Waals surface area contributed by atoms with Crippen molar-refractivity contribution in [2.24, 2.45) is 0 Å². The normalized spacial score (nSPS) is 10.1. The first kappa shape index (κ1) is 8.61. The number of aromatic amines is 1. The summed E-state index contributed by atoms with van der Waals surface area (Å²) in [5.41, 5.74) is 0.684. The number of H-pyrrole nitrogens is 1. The summed E-state index contributed by atoms with van der Waals surface area (Å²) < 4.78 is 0. The number of hydrogen-bond acceptors (Lipinski definition) is 5. The van der Waals surface area contributed by atoms with E-state index in [4.69, 9.17) is 0 Å². The number of aromatic nitrogens is 5. The molecule has 0 atom stereocenters. The minimum Gasteiger partial charge on any atom is -0.353 e. The Morgan fingerprint density at radius 2 is 2.43 bits per heavy atom. The molecule has 72 valence electrons. The lowest BCUT2D eigenvalue weighted by Gasteiger charge is -1.92. The van der Waals surface area contributed by atoms with Gasteiger partial charge < -0.3 is 5.32 Å². The molecule has 0 radical (unpaired) electrons. The van der Waals surface area contributed by atoms with Crippen molar-refractivity contribution in [2.45, 2.75) is 6.92 Å². The first-order valence-corrected chi connectivity index (χ1v) is 4.34. The summed E-state index contributed by atoms with van der Waals surface area (Å²) in [5.74, 6) is 1.20. The molecule has 2 N–H and O–H groups in total. The van der Waals surface area contributed by atoms with E-state index in [0.29, 0.717) is 17.5 Å². The SMILES string of the molecule is CCNc1n[nH]c(-c2cccnn2)n1. The fraction of sp³-hybridized carbons (Fsp3) is 0.250. The topological polar surface area (TPSA) is 79.4 Å². The third kappa shape index (κ3) is 1.68. The molecular weight excluding hydrogens is 180 g/mol. The van der Waals surface area contributed by atoms with E-state index in [0.717, 1.165) is 6.54 Å². The second-order valence-electron chi connectivity index (χ2n) is 2.65. The van der Waals surface area contributed by atoms with Gasteiger partial charge in [-0.25, -0.2) is 0 Å². The Bertz CT molecular complexity index is 395. The van der Waals surface area contributed by atoms with Crippen molar-refractivity contribution >= 4 is 5.95 Å². The monoisotopic (exact) mass is 190 g/mol. The van der Waals surface area contributed by atoms with Crippen LogP contribution < -0.4 is 5.32 Å². The zero-order valence-corrected chi connectivity index (χ0v) is 7.73. The van der Waals surface area contributed by atoms with E-state index in [-0.39, 0.29) is 0 Å². The van der Waals surface area contributed by atoms with Gasteiger partial charge in [-0.1, -0.05) is 0 Å². The van der Waals surface area contributed by atoms with Gasteiger partial charge in [0.05, 0.1) is 0 Å². The second kappa shape index (κ2) is 3.82. The van der Waals surface area contributed by atoms with Crippen LogP contribution in [0.3, 0.4) is 0 Å². The van der Waals surface area contributed by atoms with E-state index in [2.05, 4.69) is 30.7 Å². The van der Waals surface area contributed by atoms with Crippen LogP contribution in [0.15, 0.2) is 18.3 Å². The molecule has 14 heavy (non-hydrogen) atoms. The Hall–Kier alpha value is -1.98. The lowest BCUT2D eigenvalue weighted by Crippen LogP contribution is -1.97. The van der Waals surface area contributed by atoms with Crippen LogP contribution in [0.1, 0.15) is 6.92 Å². The lowest BCUT2D eigenvalue weighted by molar-refractivity contribution is 1.01. The van der Waals surface area contributed by atoms with Crippen molar-refractivity contribution in [1.29, 1.82) is 0 Å². The van der Waals surface area contributed by atoms with E-state index >= 15 is 0 Å². The molecule has 0 saturated carbocycles. The minimum absolute atomic E-state index is 0.577. The highest BCUT2D eigenvalue weighted by molar-refractivity contribution is 5.49. The highest BCUT2D eigenvalue weighted by atomic mass is 15.3. The maximum Gasteiger partial charge on any atom is 0.242 e. The van der Waals surface area contributed by atoms with E-state index in [9.17, 15) is 0 Å². The van der Waals surface area contributed by atoms with E-state index < -0.39 is 0 Å². The molecule has 2 heterocycles. The number of rotatable bonds is 3. The van der Waals surface area contributed by atoms with Gasteiger partial charge in [-0.3, -0.25) is 5.10 Å². The van der Waals surface area contributed by atoms with E-state index in [1.54, 1.807) is 12.3 Å². The largest absolute Gasteiger partial charge is 0.353 e. The number of hydrogen-bond donors (Lipinski definition) is 2. The summed E-state index contributed by atoms with van der Waals surface area (Å²) in [6.07, 6.45) is 1.62. The van der Waals surface area contributed by atoms with Gasteiger partial charge in [0, 0.05) is 12.7 Å². The summed E-state index contributed by atoms with van der Waals surface area (Å²) in [6.45, 7) is 2.77. The zero-order valence-electron chi connectivity index (χ0n) is 7.73. The van der Waals surface area contributed by atoms with Gasteiger partial charge in [0.2, 0.25) is 5.95 Å². The van der Waals surface area contributed by atoms with Crippen LogP contribution in [-0.2, 0) is 0 Å². The summed E-state index contributed by atoms with van der Waals surface area (Å²) in [5, 5.41) is 17.4. The summed E-state index contributed by atoms with van der Waals surface area (Å²) >= 11 is 0. The Morgan fingerprint density at radius 3 is 3.14 bits per heavy atom. The van der Waals surface area contributed by atoms with E-state index in [1.165, 1.54) is 0 Å². The minimum atomic E-state index is 0.577. The van der Waals surface area contributed by atoms with Gasteiger partial charge >= 0.3 is 0 Å². The van der Waals surface area contributed by atoms with Crippen molar-refractivity contribution in [3.8, 4) is 11.5 Å². The Balaban J connectivity index is 2.25. The predicted octanol–water partition coefficient (Wildman–Crippen LogP) is 0.693. The van der Waals surface area contributed by atoms with Gasteiger partial charge in [0.15, 0.2) is 5.82 Å². The summed E-state index contributed by atoms with van der Waals surface area (Å²) in [7, 11) is 0. The van der Waals surface area contributed by atoms with E-state index in [1.807, 2.05) is 13.0 Å². The average Bonchev–Trinajstić information content (AvgIpc) is 2.68. The highest BCUT2D eigenvalue weighted by Crippen LogP contribution is 2.10. The van der Waals surface area contributed by atoms with Crippen molar-refractivity contribution in [1.82, 2.24) is 25.4 Å². The van der Waals surface area contributed by atoms with Gasteiger partial charge in [-0.05, 0) is 19.1 Å². The van der Waals surface area contributed by atoms with Gasteiger partial charge in [0.25, 0.3) is 0 Å². The molecular formula is C8H10N6. The Kier molecular flexibility index (Phi) is 2.35. The predicted molar refractivity (Wildman–Crippen MR) is 51.6 cm³/mol. The summed E-state index contributed by atoms with van der Waals surface area (Å²) in [4.78, 5) is 4.19. The molecule has 2 aromatic heterocycles. The first-order chi connectivity index (χ1) is 6.90. The van der Waals surface area contributed by atoms with Crippen molar-refractivity contribution in [2.75, 3.05) is 11.9 Å². The molecule has 6 heteroatoms. The number of anilines is 1. The third-order valence-electron chi connectivity index (χ3n) is 1.64. The van der Waals surface area contributed by atoms with Gasteiger partial charge in [-0.15, -0.1) is 10.2 Å². The molecule has 0 aliphatic carbocycles. The van der Waals surface area contributed by atoms with Crippen molar-refractivity contribution in [3.63, 3.8) is 0 Å². The van der Waals surface area contributed by atoms with Crippen LogP contribution in [0.25, 0.3) is 11.5 Å². The molecule has 0 saturated heterocycles. The standard InChI is InChI=1S/C8H10N6/c1-2-9-8-11-7(13-14-8)6-4-3-5-10-12-6/h3-5H,2H2,1H3,(H2,9,11,13,14). The fourth-order valence-electron chi connectivity index (χ4n) is 1.04. The smallest absolute Gasteiger partial charge is 0.242 e. The Morgan fingerprint density at radius 1 is 1.50 bits per heavy atom. The zero-order chi connectivity index (χ0) is 9.80. The molecule has 2 aromatic rings. The molecule has 0 aliphatic heterocycles. The van der Waals surface area contributed by atoms with Crippen LogP contribution in [0.2, 0.25) is 0 Å². The second-order valence-corrected chi connectivity index (χ2v) is 2.65. The maximum atomic E-state index is 4.19. The van der Waals surface area contributed by atoms with Crippen molar-refractivity contribution < 1.29 is 0 Å². The highest BCUT2D eigenvalue weighted by Gasteiger charge is 2.04. The fourth-order valence-corrected chi connectivity index (χ4v) is 1.04. The molecule has 0 aromatic carbocycles. The quantitative estimate of drug-likeness (QED) is 0.744. The summed E-state index contributed by atoms with van der Waals surface area (Å²) in [6, 6.07) is 3.63. The molecule has 0 fully saturated rings. The third-order valence-corrected chi connectivity index (χ3v) is 1.64. The molecule has 6 nitrogen and oxygen atoms in total. The first-order valence-electron chi connectivity index (χ1n) is 4.34. The van der Waals surface area contributed by atoms with Crippen LogP contribution in [0.5, 0.6) is 0 Å². The van der Waals surface area contributed by atoms with Crippen molar-refractivity contribution in [3.05, 3.63) is 18.3 Å². The van der Waals surface area contributed by atoms with Crippen LogP contribution >= 0.6 is 0 Å². The molecule has 0 spiro atoms. The lowest BCUT2D eigenvalue weighted by atomic mass is 10.4. The van der Waals surface area contributed by atoms with Crippen LogP contribution in [0, 0.1) is 0 Å². The average molecular weight is 190 g/mol. The molecule has 0 aliphatic rings. The van der Waals surface area contributed by atoms with Crippen LogP contribution in [-0.4, -0.2) is 31.9 Å². The number of nitrogens with zero attached hydrogens (tertiary/aromatic N) is 4. The molecule has 0 unspecified atom stereocenters. The Labute approximate surface area is 80.8 Å². The molecule has 0 amide bonds.